The van der Waals surface area contributed by atoms with Gasteiger partial charge in [-0.15, -0.1) is 0 Å². The average Bonchev–Trinajstić information content (AvgIpc) is 2.83. The molecular weight excluding hydrogens is 566 g/mol. The monoisotopic (exact) mass is 615 g/mol. The zero-order valence-corrected chi connectivity index (χ0v) is 26.8. The lowest BCUT2D eigenvalue weighted by Crippen LogP contribution is -2.88. The topological polar surface area (TPSA) is 211 Å². The van der Waals surface area contributed by atoms with E-state index >= 15 is 0 Å². The van der Waals surface area contributed by atoms with E-state index in [1.54, 1.807) is 6.92 Å². The molecule has 242 valence electrons. The van der Waals surface area contributed by atoms with Crippen molar-refractivity contribution in [2.45, 2.75) is 114 Å². The third-order valence-electron chi connectivity index (χ3n) is 10.6. The van der Waals surface area contributed by atoms with E-state index in [-0.39, 0.29) is 13.2 Å². The van der Waals surface area contributed by atoms with Gasteiger partial charge in [-0.25, -0.2) is 4.18 Å². The Morgan fingerprint density at radius 2 is 1.37 bits per heavy atom. The molecule has 6 N–H and O–H groups in total. The molecule has 0 spiro atoms. The number of amides is 1. The first-order valence-corrected chi connectivity index (χ1v) is 14.6. The van der Waals surface area contributed by atoms with Crippen LogP contribution in [0.5, 0.6) is 0 Å². The molecular formula is C26H49NO13S. The SMILES string of the molecule is COS(=O)(=O)OCC1(C)OC(C)(COCC2(C)C(C)(O)COC(C)(CO)C2(C)O)C(C)(NC(C)=O)C(C)(O)C1(C)O. The molecule has 2 rings (SSSR count). The minimum Gasteiger partial charge on any atom is -0.393 e. The molecule has 0 radical (unpaired) electrons. The molecule has 9 atom stereocenters. The maximum absolute atomic E-state index is 12.4. The van der Waals surface area contributed by atoms with Gasteiger partial charge in [0.25, 0.3) is 0 Å². The van der Waals surface area contributed by atoms with Crippen LogP contribution in [0.25, 0.3) is 0 Å². The standard InChI is InChI=1S/C26H49NO13S/c1-17(29)27-23(7)21(5,40-22(6,16-39-41(34,35)36-11)25(9,32)26(23,10)33)15-37-13-18(2)19(3,30)14-38-20(4,12-28)24(18,8)31/h28,30-33H,12-16H2,1-11H3,(H,27,29). The summed E-state index contributed by atoms with van der Waals surface area (Å²) in [7, 11) is -3.58. The first-order valence-electron chi connectivity index (χ1n) is 13.3. The van der Waals surface area contributed by atoms with Gasteiger partial charge >= 0.3 is 10.4 Å². The Hall–Kier alpha value is -0.980. The molecule has 2 saturated heterocycles. The van der Waals surface area contributed by atoms with Crippen LogP contribution >= 0.6 is 0 Å². The smallest absolute Gasteiger partial charge is 0.393 e. The molecule has 0 aromatic heterocycles. The second kappa shape index (κ2) is 10.6. The van der Waals surface area contributed by atoms with Gasteiger partial charge in [0.15, 0.2) is 0 Å². The first kappa shape index (κ1) is 36.2. The zero-order valence-electron chi connectivity index (χ0n) is 25.9. The summed E-state index contributed by atoms with van der Waals surface area (Å²) in [6.07, 6.45) is 0. The van der Waals surface area contributed by atoms with E-state index in [1.807, 2.05) is 0 Å². The summed E-state index contributed by atoms with van der Waals surface area (Å²) in [6.45, 7) is 11.7. The molecule has 0 aliphatic carbocycles. The Morgan fingerprint density at radius 1 is 0.829 bits per heavy atom. The Balaban J connectivity index is 2.58. The number of hydrogen-bond acceptors (Lipinski definition) is 13. The van der Waals surface area contributed by atoms with E-state index in [4.69, 9.17) is 18.4 Å². The molecule has 41 heavy (non-hydrogen) atoms. The highest BCUT2D eigenvalue weighted by Gasteiger charge is 2.75. The van der Waals surface area contributed by atoms with Crippen molar-refractivity contribution in [2.24, 2.45) is 5.41 Å². The van der Waals surface area contributed by atoms with Gasteiger partial charge in [-0.1, -0.05) is 6.92 Å². The van der Waals surface area contributed by atoms with Crippen molar-refractivity contribution in [1.82, 2.24) is 5.32 Å². The highest BCUT2D eigenvalue weighted by Crippen LogP contribution is 2.55. The third-order valence-corrected chi connectivity index (χ3v) is 11.4. The lowest BCUT2D eigenvalue weighted by molar-refractivity contribution is -0.376. The van der Waals surface area contributed by atoms with Crippen LogP contribution in [0.4, 0.5) is 0 Å². The zero-order chi connectivity index (χ0) is 32.4. The number of rotatable bonds is 10. The van der Waals surface area contributed by atoms with E-state index in [0.717, 1.165) is 7.11 Å². The van der Waals surface area contributed by atoms with Crippen molar-refractivity contribution in [1.29, 1.82) is 0 Å². The average molecular weight is 616 g/mol. The van der Waals surface area contributed by atoms with Gasteiger partial charge in [0.05, 0.1) is 50.1 Å². The summed E-state index contributed by atoms with van der Waals surface area (Å²) in [4.78, 5) is 12.4. The van der Waals surface area contributed by atoms with Crippen LogP contribution in [0.2, 0.25) is 0 Å². The third kappa shape index (κ3) is 5.24. The van der Waals surface area contributed by atoms with Crippen LogP contribution in [-0.4, -0.2) is 125 Å². The molecule has 2 heterocycles. The van der Waals surface area contributed by atoms with Crippen molar-refractivity contribution in [3.63, 3.8) is 0 Å². The van der Waals surface area contributed by atoms with E-state index < -0.39 is 86.3 Å². The fourth-order valence-electron chi connectivity index (χ4n) is 6.05. The summed E-state index contributed by atoms with van der Waals surface area (Å²) in [5.74, 6) is -0.568. The minimum atomic E-state index is -4.47. The molecule has 2 fully saturated rings. The maximum Gasteiger partial charge on any atom is 0.399 e. The van der Waals surface area contributed by atoms with Crippen LogP contribution in [0.1, 0.15) is 69.2 Å². The van der Waals surface area contributed by atoms with Gasteiger partial charge in [-0.2, -0.15) is 8.42 Å². The lowest BCUT2D eigenvalue weighted by atomic mass is 9.56. The van der Waals surface area contributed by atoms with Crippen molar-refractivity contribution in [3.8, 4) is 0 Å². The summed E-state index contributed by atoms with van der Waals surface area (Å²) >= 11 is 0. The highest BCUT2D eigenvalue weighted by molar-refractivity contribution is 7.81. The summed E-state index contributed by atoms with van der Waals surface area (Å²) in [5, 5.41) is 59.2. The van der Waals surface area contributed by atoms with Crippen LogP contribution in [-0.2, 0) is 37.8 Å². The molecule has 9 unspecified atom stereocenters. The molecule has 1 amide bonds. The van der Waals surface area contributed by atoms with Crippen LogP contribution < -0.4 is 5.32 Å². The highest BCUT2D eigenvalue weighted by atomic mass is 32.3. The fourth-order valence-corrected chi connectivity index (χ4v) is 6.52. The van der Waals surface area contributed by atoms with E-state index in [2.05, 4.69) is 9.50 Å². The number of carbonyl (C=O) groups excluding carboxylic acids is 1. The van der Waals surface area contributed by atoms with Gasteiger partial charge < -0.3 is 45.1 Å². The van der Waals surface area contributed by atoms with Crippen molar-refractivity contribution in [2.75, 3.05) is 40.1 Å². The van der Waals surface area contributed by atoms with E-state index in [0.29, 0.717) is 0 Å². The first-order chi connectivity index (χ1) is 18.1. The molecule has 2 aliphatic rings. The molecule has 14 nitrogen and oxygen atoms in total. The van der Waals surface area contributed by atoms with Crippen molar-refractivity contribution in [3.05, 3.63) is 0 Å². The molecule has 0 bridgehead atoms. The Morgan fingerprint density at radius 3 is 1.83 bits per heavy atom. The fraction of sp³-hybridized carbons (Fsp3) is 0.962. The summed E-state index contributed by atoms with van der Waals surface area (Å²) in [6, 6.07) is 0. The number of hydrogen-bond donors (Lipinski definition) is 6. The number of carbonyl (C=O) groups is 1. The molecule has 0 saturated carbocycles. The second-order valence-electron chi connectivity index (χ2n) is 13.2. The number of ether oxygens (including phenoxy) is 3. The molecule has 0 aromatic rings. The normalized spacial score (nSPS) is 49.1. The maximum atomic E-state index is 12.4. The van der Waals surface area contributed by atoms with Gasteiger partial charge in [0.2, 0.25) is 5.91 Å². The summed E-state index contributed by atoms with van der Waals surface area (Å²) < 4.78 is 51.4. The van der Waals surface area contributed by atoms with Gasteiger partial charge in [0.1, 0.15) is 40.2 Å². The molecule has 2 aliphatic heterocycles. The Labute approximate surface area is 242 Å². The largest absolute Gasteiger partial charge is 0.399 e. The van der Waals surface area contributed by atoms with Gasteiger partial charge in [-0.05, 0) is 55.4 Å². The Kier molecular flexibility index (Phi) is 9.34. The predicted octanol–water partition coefficient (Wildman–Crippen LogP) is -0.855. The molecule has 15 heteroatoms. The van der Waals surface area contributed by atoms with Crippen molar-refractivity contribution < 1.29 is 61.3 Å². The molecule has 0 aromatic carbocycles. The quantitative estimate of drug-likeness (QED) is 0.177. The van der Waals surface area contributed by atoms with Crippen LogP contribution in [0, 0.1) is 5.41 Å². The number of nitrogens with one attached hydrogen (secondary N) is 1. The summed E-state index contributed by atoms with van der Waals surface area (Å²) in [5.41, 5.74) is -16.2. The van der Waals surface area contributed by atoms with Gasteiger partial charge in [0, 0.05) is 6.92 Å². The van der Waals surface area contributed by atoms with Gasteiger partial charge in [-0.3, -0.25) is 8.98 Å². The number of aliphatic hydroxyl groups excluding tert-OH is 1. The van der Waals surface area contributed by atoms with Crippen molar-refractivity contribution >= 4 is 16.3 Å². The minimum absolute atomic E-state index is 0.224. The van der Waals surface area contributed by atoms with Crippen LogP contribution in [0.15, 0.2) is 0 Å². The van der Waals surface area contributed by atoms with E-state index in [1.165, 1.54) is 62.3 Å². The predicted molar refractivity (Wildman–Crippen MR) is 145 cm³/mol. The second-order valence-corrected chi connectivity index (χ2v) is 14.6. The lowest BCUT2D eigenvalue weighted by Gasteiger charge is -2.67. The van der Waals surface area contributed by atoms with Crippen LogP contribution in [0.3, 0.4) is 0 Å². The van der Waals surface area contributed by atoms with E-state index in [9.17, 15) is 38.7 Å². The Bertz CT molecular complexity index is 1110. The number of aliphatic hydroxyl groups is 5.